The molecule has 22 nitrogen and oxygen atoms in total. The summed E-state index contributed by atoms with van der Waals surface area (Å²) in [5.74, 6) is -5.03. The Balaban J connectivity index is 1.78. The van der Waals surface area contributed by atoms with Crippen molar-refractivity contribution in [1.29, 1.82) is 0 Å². The highest BCUT2D eigenvalue weighted by Gasteiger charge is 2.42. The quantitative estimate of drug-likeness (QED) is 0.0281. The highest BCUT2D eigenvalue weighted by atomic mass is 32.2. The van der Waals surface area contributed by atoms with Crippen LogP contribution in [0.1, 0.15) is 134 Å². The third kappa shape index (κ3) is 20.7. The molecule has 0 saturated carbocycles. The lowest BCUT2D eigenvalue weighted by atomic mass is 9.76. The molecule has 466 valence electrons. The van der Waals surface area contributed by atoms with Crippen LogP contribution >= 0.6 is 0 Å². The number of benzene rings is 2. The van der Waals surface area contributed by atoms with Crippen molar-refractivity contribution in [2.45, 2.75) is 170 Å². The summed E-state index contributed by atoms with van der Waals surface area (Å²) in [7, 11) is -1.27. The Kier molecular flexibility index (Phi) is 25.6. The minimum atomic E-state index is -4.53. The summed E-state index contributed by atoms with van der Waals surface area (Å²) in [6, 6.07) is 7.96. The molecule has 2 aromatic carbocycles. The molecule has 23 heteroatoms. The van der Waals surface area contributed by atoms with E-state index in [1.165, 1.54) is 48.3 Å². The molecule has 5 atom stereocenters. The Labute approximate surface area is 497 Å². The van der Waals surface area contributed by atoms with Crippen LogP contribution in [0.4, 0.5) is 10.5 Å². The Hall–Kier alpha value is -6.98. The van der Waals surface area contributed by atoms with Gasteiger partial charge in [0.05, 0.1) is 30.2 Å². The van der Waals surface area contributed by atoms with E-state index in [0.717, 1.165) is 10.5 Å². The van der Waals surface area contributed by atoms with Crippen LogP contribution in [-0.2, 0) is 65.0 Å². The van der Waals surface area contributed by atoms with Crippen LogP contribution in [-0.4, -0.2) is 142 Å². The van der Waals surface area contributed by atoms with Gasteiger partial charge in [-0.25, -0.2) is 17.9 Å². The number of sulfonamides is 1. The van der Waals surface area contributed by atoms with Gasteiger partial charge in [-0.2, -0.15) is 0 Å². The lowest BCUT2D eigenvalue weighted by Gasteiger charge is -2.40. The van der Waals surface area contributed by atoms with Crippen molar-refractivity contribution in [2.75, 3.05) is 45.7 Å². The van der Waals surface area contributed by atoms with Crippen LogP contribution in [0.25, 0.3) is 0 Å². The largest absolute Gasteiger partial charge is 0.380 e. The minimum absolute atomic E-state index is 0.00319. The highest BCUT2D eigenvalue weighted by molar-refractivity contribution is 7.90. The maximum Gasteiger partial charge on any atom is 0.312 e. The summed E-state index contributed by atoms with van der Waals surface area (Å²) in [5.41, 5.74) is 4.07. The van der Waals surface area contributed by atoms with E-state index < -0.39 is 115 Å². The van der Waals surface area contributed by atoms with Crippen LogP contribution in [0.3, 0.4) is 0 Å². The Morgan fingerprint density at radius 3 is 1.90 bits per heavy atom. The number of nitrogens with zero attached hydrogens (tertiary/aromatic N) is 2. The van der Waals surface area contributed by atoms with Gasteiger partial charge in [-0.15, -0.1) is 0 Å². The van der Waals surface area contributed by atoms with Crippen LogP contribution in [0.15, 0.2) is 77.2 Å². The molecule has 0 bridgehead atoms. The van der Waals surface area contributed by atoms with Crippen molar-refractivity contribution in [1.82, 2.24) is 41.1 Å². The Morgan fingerprint density at radius 1 is 0.774 bits per heavy atom. The first kappa shape index (κ1) is 71.3. The molecule has 1 aliphatic heterocycles. The van der Waals surface area contributed by atoms with Gasteiger partial charge >= 0.3 is 6.03 Å². The number of nitrogens with two attached hydrogens (primary N) is 1. The predicted octanol–water partition coefficient (Wildman–Crippen LogP) is 4.98. The van der Waals surface area contributed by atoms with Gasteiger partial charge in [-0.1, -0.05) is 133 Å². The number of ether oxygens (including phenoxy) is 1. The summed E-state index contributed by atoms with van der Waals surface area (Å²) in [6.45, 7) is 27.6. The monoisotopic (exact) mass is 1190 g/mol. The number of rotatable bonds is 31. The molecular formula is C61H94N10O12S. The first-order valence-electron chi connectivity index (χ1n) is 28.5. The van der Waals surface area contributed by atoms with Crippen molar-refractivity contribution in [2.24, 2.45) is 33.8 Å². The topological polar surface area (TPSA) is 314 Å². The zero-order valence-electron chi connectivity index (χ0n) is 52.3. The van der Waals surface area contributed by atoms with Gasteiger partial charge in [0.2, 0.25) is 29.5 Å². The molecule has 2 unspecified atom stereocenters. The zero-order chi connectivity index (χ0) is 63.9. The molecule has 2 aromatic rings. The first-order valence-corrected chi connectivity index (χ1v) is 30.0. The van der Waals surface area contributed by atoms with Gasteiger partial charge in [0, 0.05) is 60.8 Å². The van der Waals surface area contributed by atoms with Crippen molar-refractivity contribution < 1.29 is 56.3 Å². The number of carbonyl (C=O) groups is 9. The number of nitrogens with one attached hydrogen (secondary N) is 7. The van der Waals surface area contributed by atoms with E-state index in [2.05, 4.69) is 36.6 Å². The second-order valence-corrected chi connectivity index (χ2v) is 27.3. The summed E-state index contributed by atoms with van der Waals surface area (Å²) in [4.78, 5) is 122. The number of likely N-dealkylation sites (N-methyl/N-ethyl adjacent to an activating group) is 2. The first-order chi connectivity index (χ1) is 38.8. The molecular weight excluding hydrogens is 1100 g/mol. The van der Waals surface area contributed by atoms with Gasteiger partial charge in [-0.3, -0.25) is 43.3 Å². The lowest BCUT2D eigenvalue weighted by molar-refractivity contribution is -0.141. The van der Waals surface area contributed by atoms with Gasteiger partial charge in [0.25, 0.3) is 27.7 Å². The normalized spacial score (nSPS) is 15.2. The summed E-state index contributed by atoms with van der Waals surface area (Å²) >= 11 is 0. The van der Waals surface area contributed by atoms with Crippen LogP contribution < -0.4 is 42.4 Å². The molecule has 0 saturated heterocycles. The molecule has 0 aromatic heterocycles. The van der Waals surface area contributed by atoms with E-state index in [1.807, 2.05) is 106 Å². The van der Waals surface area contributed by atoms with Gasteiger partial charge in [0.1, 0.15) is 18.1 Å². The number of hydrogen-bond donors (Lipinski definition) is 8. The zero-order valence-corrected chi connectivity index (χ0v) is 53.1. The minimum Gasteiger partial charge on any atom is -0.380 e. The number of imide groups is 1. The number of urea groups is 1. The molecule has 0 fully saturated rings. The second kappa shape index (κ2) is 30.2. The summed E-state index contributed by atoms with van der Waals surface area (Å²) in [6.07, 6.45) is 4.35. The maximum atomic E-state index is 14.5. The molecule has 84 heavy (non-hydrogen) atoms. The number of aryl methyl sites for hydroxylation is 1. The van der Waals surface area contributed by atoms with E-state index >= 15 is 0 Å². The fourth-order valence-corrected chi connectivity index (χ4v) is 10.8. The SMILES string of the molecule is CCc1cc(S(=O)(=O)NC(=O)/C(C)=C/[C@H](C(C)C)N(C)C(=O)C(NC(=O)[C@@H](NC)C(C)(C)c2ccccc2)C(C)(C)C)ccc1NC(=O)[C@H](CCCNC(N)=O)NC(=O)C(NC(=O)CC(C)(C)COCC(C)(C)CN1C(=O)C=CC1=O)C(C)C. The van der Waals surface area contributed by atoms with Crippen molar-refractivity contribution in [3.05, 3.63) is 83.5 Å². The summed E-state index contributed by atoms with van der Waals surface area (Å²) in [5, 5.41) is 17.0. The van der Waals surface area contributed by atoms with E-state index in [4.69, 9.17) is 10.5 Å². The molecule has 0 spiro atoms. The van der Waals surface area contributed by atoms with E-state index in [-0.39, 0.29) is 80.0 Å². The predicted molar refractivity (Wildman–Crippen MR) is 323 cm³/mol. The number of carbonyl (C=O) groups excluding carboxylic acids is 9. The fraction of sp³-hybridized carbons (Fsp3) is 0.590. The van der Waals surface area contributed by atoms with Crippen LogP contribution in [0.2, 0.25) is 0 Å². The number of anilines is 1. The maximum absolute atomic E-state index is 14.5. The molecule has 0 radical (unpaired) electrons. The summed E-state index contributed by atoms with van der Waals surface area (Å²) < 4.78 is 35.9. The van der Waals surface area contributed by atoms with E-state index in [0.29, 0.717) is 5.56 Å². The van der Waals surface area contributed by atoms with Crippen LogP contribution in [0.5, 0.6) is 0 Å². The third-order valence-electron chi connectivity index (χ3n) is 14.7. The third-order valence-corrected chi connectivity index (χ3v) is 16.0. The van der Waals surface area contributed by atoms with Crippen molar-refractivity contribution in [3.63, 3.8) is 0 Å². The number of amides is 10. The molecule has 1 aliphatic rings. The number of primary amides is 1. The standard InChI is InChI=1S/C61H94N10O12S/c1-18-40-32-42(84(81,82)69-52(75)39(6)31-45(37(2)3)70(17)56(79)51(58(7,8)9)68-55(78)50(63-16)61(14,15)41-23-20-19-21-24-41)26-27-43(40)65-53(76)44(25-22-30-64-57(62)80)66-54(77)49(38(4)5)67-46(72)33-59(10,11)35-83-36-60(12,13)34-71-47(73)28-29-48(71)74/h19-21,23-24,26-29,31-32,37-38,44-45,49-51,63H,18,22,25,30,33-36H2,1-17H3,(H,65,76)(H,66,77)(H,67,72)(H,68,78)(H,69,75)(H3,62,64,80)/b39-31+/t44-,45+,49?,50+,51?/m0/s1. The van der Waals surface area contributed by atoms with Crippen molar-refractivity contribution >= 4 is 69.0 Å². The molecule has 1 heterocycles. The highest BCUT2D eigenvalue weighted by Crippen LogP contribution is 2.30. The van der Waals surface area contributed by atoms with Crippen molar-refractivity contribution in [3.8, 4) is 0 Å². The Bertz CT molecular complexity index is 2860. The molecule has 10 amide bonds. The molecule has 3 rings (SSSR count). The fourth-order valence-electron chi connectivity index (χ4n) is 9.75. The second-order valence-electron chi connectivity index (χ2n) is 25.6. The molecule has 0 aliphatic carbocycles. The average molecular weight is 1190 g/mol. The lowest BCUT2D eigenvalue weighted by Crippen LogP contribution is -2.61. The van der Waals surface area contributed by atoms with Gasteiger partial charge in [-0.05, 0) is 85.2 Å². The van der Waals surface area contributed by atoms with Gasteiger partial charge < -0.3 is 47.3 Å². The number of hydrogen-bond acceptors (Lipinski definition) is 13. The molecule has 9 N–H and O–H groups in total. The Morgan fingerprint density at radius 2 is 1.37 bits per heavy atom. The van der Waals surface area contributed by atoms with Gasteiger partial charge in [0.15, 0.2) is 0 Å². The van der Waals surface area contributed by atoms with E-state index in [9.17, 15) is 51.6 Å². The van der Waals surface area contributed by atoms with E-state index in [1.54, 1.807) is 34.9 Å². The van der Waals surface area contributed by atoms with Crippen LogP contribution in [0, 0.1) is 28.1 Å². The average Bonchev–Trinajstić information content (AvgIpc) is 3.89. The smallest absolute Gasteiger partial charge is 0.312 e.